The Hall–Kier alpha value is -3.42. The second-order valence-electron chi connectivity index (χ2n) is 8.76. The number of benzene rings is 2. The molecule has 2 aromatic carbocycles. The van der Waals surface area contributed by atoms with Crippen LogP contribution in [0.15, 0.2) is 42.5 Å². The first-order valence-corrected chi connectivity index (χ1v) is 11.0. The minimum atomic E-state index is -0.510. The molecule has 0 aliphatic carbocycles. The highest BCUT2D eigenvalue weighted by molar-refractivity contribution is 6.06. The monoisotopic (exact) mass is 438 g/mol. The van der Waals surface area contributed by atoms with Crippen molar-refractivity contribution < 1.29 is 14.5 Å². The largest absolute Gasteiger partial charge is 0.371 e. The molecule has 1 aliphatic heterocycles. The molecular weight excluding hydrogens is 408 g/mol. The summed E-state index contributed by atoms with van der Waals surface area (Å²) in [7, 11) is 0. The van der Waals surface area contributed by atoms with Crippen molar-refractivity contribution in [2.24, 2.45) is 11.8 Å². The van der Waals surface area contributed by atoms with Crippen LogP contribution in [0.2, 0.25) is 0 Å². The second kappa shape index (κ2) is 10.3. The molecule has 2 N–H and O–H groups in total. The van der Waals surface area contributed by atoms with Gasteiger partial charge in [0.1, 0.15) is 0 Å². The molecule has 0 unspecified atom stereocenters. The maximum Gasteiger partial charge on any atom is 0.269 e. The Kier molecular flexibility index (Phi) is 7.45. The number of non-ortho nitro benzene ring substituents is 1. The van der Waals surface area contributed by atoms with Gasteiger partial charge in [-0.1, -0.05) is 20.8 Å². The van der Waals surface area contributed by atoms with Crippen LogP contribution >= 0.6 is 0 Å². The predicted octanol–water partition coefficient (Wildman–Crippen LogP) is 4.47. The highest BCUT2D eigenvalue weighted by Gasteiger charge is 2.22. The van der Waals surface area contributed by atoms with Crippen LogP contribution in [0, 0.1) is 22.0 Å². The summed E-state index contributed by atoms with van der Waals surface area (Å²) in [5, 5.41) is 16.6. The number of piperidine rings is 1. The average Bonchev–Trinajstić information content (AvgIpc) is 2.78. The van der Waals surface area contributed by atoms with Crippen molar-refractivity contribution in [2.75, 3.05) is 29.9 Å². The molecule has 1 heterocycles. The number of hydrogen-bond acceptors (Lipinski definition) is 5. The van der Waals surface area contributed by atoms with Crippen LogP contribution in [0.1, 0.15) is 54.3 Å². The van der Waals surface area contributed by atoms with Crippen LogP contribution < -0.4 is 15.5 Å². The van der Waals surface area contributed by atoms with Gasteiger partial charge in [0.15, 0.2) is 0 Å². The third-order valence-corrected chi connectivity index (χ3v) is 5.63. The molecule has 8 heteroatoms. The number of nitro benzene ring substituents is 1. The normalized spacial score (nSPS) is 14.3. The highest BCUT2D eigenvalue weighted by atomic mass is 16.6. The Labute approximate surface area is 188 Å². The summed E-state index contributed by atoms with van der Waals surface area (Å²) in [5.41, 5.74) is 2.12. The number of amides is 2. The molecule has 0 spiro atoms. The van der Waals surface area contributed by atoms with E-state index in [1.54, 1.807) is 12.1 Å². The lowest BCUT2D eigenvalue weighted by Crippen LogP contribution is -2.35. The first-order valence-electron chi connectivity index (χ1n) is 11.0. The molecule has 0 atom stereocenters. The lowest BCUT2D eigenvalue weighted by molar-refractivity contribution is -0.384. The third kappa shape index (κ3) is 5.84. The number of carbonyl (C=O) groups is 2. The van der Waals surface area contributed by atoms with Gasteiger partial charge >= 0.3 is 0 Å². The molecule has 32 heavy (non-hydrogen) atoms. The maximum atomic E-state index is 13.0. The third-order valence-electron chi connectivity index (χ3n) is 5.63. The Bertz CT molecular complexity index is 980. The van der Waals surface area contributed by atoms with Crippen molar-refractivity contribution >= 4 is 28.9 Å². The first-order chi connectivity index (χ1) is 15.2. The van der Waals surface area contributed by atoms with Crippen molar-refractivity contribution in [3.63, 3.8) is 0 Å². The molecule has 0 radical (unpaired) electrons. The van der Waals surface area contributed by atoms with E-state index in [4.69, 9.17) is 0 Å². The van der Waals surface area contributed by atoms with E-state index in [9.17, 15) is 19.7 Å². The zero-order valence-electron chi connectivity index (χ0n) is 18.8. The molecule has 2 amide bonds. The van der Waals surface area contributed by atoms with E-state index in [1.165, 1.54) is 24.3 Å². The summed E-state index contributed by atoms with van der Waals surface area (Å²) in [5.74, 6) is 0.430. The highest BCUT2D eigenvalue weighted by Crippen LogP contribution is 2.29. The molecule has 8 nitrogen and oxygen atoms in total. The molecule has 3 rings (SSSR count). The zero-order chi connectivity index (χ0) is 23.3. The summed E-state index contributed by atoms with van der Waals surface area (Å²) in [6, 6.07) is 10.8. The molecule has 170 valence electrons. The molecular formula is C24H30N4O4. The van der Waals surface area contributed by atoms with Gasteiger partial charge in [0.05, 0.1) is 10.5 Å². The number of anilines is 2. The van der Waals surface area contributed by atoms with E-state index < -0.39 is 10.8 Å². The predicted molar refractivity (Wildman–Crippen MR) is 125 cm³/mol. The van der Waals surface area contributed by atoms with E-state index >= 15 is 0 Å². The maximum absolute atomic E-state index is 13.0. The summed E-state index contributed by atoms with van der Waals surface area (Å²) in [4.78, 5) is 38.1. The zero-order valence-corrected chi connectivity index (χ0v) is 18.8. The Balaban J connectivity index is 1.83. The van der Waals surface area contributed by atoms with E-state index in [0.717, 1.165) is 31.6 Å². The van der Waals surface area contributed by atoms with Gasteiger partial charge in [0.2, 0.25) is 0 Å². The number of hydrogen-bond donors (Lipinski definition) is 2. The number of rotatable bonds is 7. The minimum Gasteiger partial charge on any atom is -0.371 e. The quantitative estimate of drug-likeness (QED) is 0.490. The van der Waals surface area contributed by atoms with Gasteiger partial charge in [-0.25, -0.2) is 0 Å². The lowest BCUT2D eigenvalue weighted by Gasteiger charge is -2.33. The number of nitrogens with one attached hydrogen (secondary N) is 2. The fourth-order valence-electron chi connectivity index (χ4n) is 3.65. The lowest BCUT2D eigenvalue weighted by atomic mass is 9.97. The Morgan fingerprint density at radius 2 is 1.75 bits per heavy atom. The Morgan fingerprint density at radius 1 is 1.09 bits per heavy atom. The van der Waals surface area contributed by atoms with Crippen LogP contribution in [0.3, 0.4) is 0 Å². The minimum absolute atomic E-state index is 0.0779. The fraction of sp³-hybridized carbons (Fsp3) is 0.417. The standard InChI is InChI=1S/C24H30N4O4/c1-16(2)15-25-24(30)21-14-19(6-9-22(21)27-12-10-17(3)11-13-27)26-23(29)18-4-7-20(8-5-18)28(31)32/h4-9,14,16-17H,10-13,15H2,1-3H3,(H,25,30)(H,26,29). The summed E-state index contributed by atoms with van der Waals surface area (Å²) in [6.07, 6.45) is 2.15. The van der Waals surface area contributed by atoms with E-state index in [-0.39, 0.29) is 11.6 Å². The van der Waals surface area contributed by atoms with Crippen molar-refractivity contribution in [3.8, 4) is 0 Å². The smallest absolute Gasteiger partial charge is 0.269 e. The first kappa shape index (κ1) is 23.2. The summed E-state index contributed by atoms with van der Waals surface area (Å²) < 4.78 is 0. The number of nitrogens with zero attached hydrogens (tertiary/aromatic N) is 2. The van der Waals surface area contributed by atoms with Crippen molar-refractivity contribution in [3.05, 3.63) is 63.7 Å². The van der Waals surface area contributed by atoms with Crippen molar-refractivity contribution in [1.29, 1.82) is 0 Å². The summed E-state index contributed by atoms with van der Waals surface area (Å²) >= 11 is 0. The van der Waals surface area contributed by atoms with Gasteiger partial charge in [-0.3, -0.25) is 19.7 Å². The van der Waals surface area contributed by atoms with E-state index in [0.29, 0.717) is 35.2 Å². The van der Waals surface area contributed by atoms with E-state index in [2.05, 4.69) is 22.5 Å². The Morgan fingerprint density at radius 3 is 2.34 bits per heavy atom. The summed E-state index contributed by atoms with van der Waals surface area (Å²) in [6.45, 7) is 8.65. The van der Waals surface area contributed by atoms with Gasteiger partial charge in [-0.2, -0.15) is 0 Å². The van der Waals surface area contributed by atoms with Crippen LogP contribution in [0.25, 0.3) is 0 Å². The van der Waals surface area contributed by atoms with Gasteiger partial charge < -0.3 is 15.5 Å². The van der Waals surface area contributed by atoms with Gasteiger partial charge in [-0.05, 0) is 55.0 Å². The molecule has 0 saturated carbocycles. The molecule has 0 bridgehead atoms. The van der Waals surface area contributed by atoms with Crippen LogP contribution in [-0.2, 0) is 0 Å². The number of nitro groups is 1. The SMILES string of the molecule is CC(C)CNC(=O)c1cc(NC(=O)c2ccc([N+](=O)[O-])cc2)ccc1N1CCC(C)CC1. The van der Waals surface area contributed by atoms with E-state index in [1.807, 2.05) is 19.9 Å². The topological polar surface area (TPSA) is 105 Å². The molecule has 1 saturated heterocycles. The fourth-order valence-corrected chi connectivity index (χ4v) is 3.65. The second-order valence-corrected chi connectivity index (χ2v) is 8.76. The van der Waals surface area contributed by atoms with Gasteiger partial charge in [0, 0.05) is 48.7 Å². The van der Waals surface area contributed by atoms with Crippen molar-refractivity contribution in [1.82, 2.24) is 5.32 Å². The molecule has 1 aliphatic rings. The van der Waals surface area contributed by atoms with Crippen LogP contribution in [0.5, 0.6) is 0 Å². The van der Waals surface area contributed by atoms with Gasteiger partial charge in [-0.15, -0.1) is 0 Å². The van der Waals surface area contributed by atoms with Crippen molar-refractivity contribution in [2.45, 2.75) is 33.6 Å². The number of carbonyl (C=O) groups excluding carboxylic acids is 2. The molecule has 2 aromatic rings. The average molecular weight is 439 g/mol. The van der Waals surface area contributed by atoms with Gasteiger partial charge in [0.25, 0.3) is 17.5 Å². The van der Waals surface area contributed by atoms with Crippen LogP contribution in [-0.4, -0.2) is 36.4 Å². The molecule has 1 fully saturated rings. The molecule has 0 aromatic heterocycles. The van der Waals surface area contributed by atoms with Crippen LogP contribution in [0.4, 0.5) is 17.1 Å².